The van der Waals surface area contributed by atoms with E-state index < -0.39 is 15.8 Å². The lowest BCUT2D eigenvalue weighted by Crippen LogP contribution is -2.14. The summed E-state index contributed by atoms with van der Waals surface area (Å²) in [4.78, 5) is 0.172. The van der Waals surface area contributed by atoms with Gasteiger partial charge in [-0.1, -0.05) is 43.6 Å². The van der Waals surface area contributed by atoms with Crippen LogP contribution < -0.4 is 4.72 Å². The van der Waals surface area contributed by atoms with Crippen molar-refractivity contribution in [3.63, 3.8) is 0 Å². The summed E-state index contributed by atoms with van der Waals surface area (Å²) in [6.07, 6.45) is 0. The van der Waals surface area contributed by atoms with Crippen molar-refractivity contribution in [2.45, 2.75) is 45.1 Å². The molecule has 0 radical (unpaired) electrons. The van der Waals surface area contributed by atoms with Crippen molar-refractivity contribution < 1.29 is 12.8 Å². The summed E-state index contributed by atoms with van der Waals surface area (Å²) in [6.45, 7) is 7.62. The average Bonchev–Trinajstić information content (AvgIpc) is 2.92. The second-order valence-electron chi connectivity index (χ2n) is 7.23. The summed E-state index contributed by atoms with van der Waals surface area (Å²) >= 11 is 6.11. The Balaban J connectivity index is 1.90. The smallest absolute Gasteiger partial charge is 0.262 e. The molecule has 5 nitrogen and oxygen atoms in total. The molecule has 3 rings (SSSR count). The molecular formula is C21H23ClFN3O2S. The third-order valence-electron chi connectivity index (χ3n) is 4.84. The Morgan fingerprint density at radius 1 is 1.14 bits per heavy atom. The van der Waals surface area contributed by atoms with Crippen molar-refractivity contribution in [2.24, 2.45) is 0 Å². The first-order valence-corrected chi connectivity index (χ1v) is 11.1. The Morgan fingerprint density at radius 2 is 1.79 bits per heavy atom. The highest BCUT2D eigenvalue weighted by Gasteiger charge is 2.21. The molecule has 1 heterocycles. The van der Waals surface area contributed by atoms with Crippen LogP contribution in [0.25, 0.3) is 0 Å². The topological polar surface area (TPSA) is 64.0 Å². The van der Waals surface area contributed by atoms with Crippen LogP contribution in [-0.4, -0.2) is 18.2 Å². The van der Waals surface area contributed by atoms with E-state index in [1.807, 2.05) is 26.0 Å². The Morgan fingerprint density at radius 3 is 2.38 bits per heavy atom. The molecule has 8 heteroatoms. The third-order valence-corrected chi connectivity index (χ3v) is 6.56. The Kier molecular flexibility index (Phi) is 6.00. The van der Waals surface area contributed by atoms with E-state index in [4.69, 9.17) is 11.6 Å². The van der Waals surface area contributed by atoms with Gasteiger partial charge in [0.25, 0.3) is 10.0 Å². The fraction of sp³-hybridized carbons (Fsp3) is 0.286. The fourth-order valence-corrected chi connectivity index (χ4v) is 4.46. The summed E-state index contributed by atoms with van der Waals surface area (Å²) in [5.74, 6) is -0.120. The summed E-state index contributed by atoms with van der Waals surface area (Å²) in [5, 5.41) is 4.66. The van der Waals surface area contributed by atoms with Gasteiger partial charge in [0.1, 0.15) is 5.82 Å². The number of nitrogens with zero attached hydrogens (tertiary/aromatic N) is 2. The summed E-state index contributed by atoms with van der Waals surface area (Å²) in [6, 6.07) is 11.3. The van der Waals surface area contributed by atoms with E-state index in [2.05, 4.69) is 9.82 Å². The first-order chi connectivity index (χ1) is 13.6. The SMILES string of the molecule is Cc1nn(Cc2c(F)cccc2Cl)c(C)c1NS(=O)(=O)c1ccc(C(C)C)cc1. The molecule has 0 unspecified atom stereocenters. The lowest BCUT2D eigenvalue weighted by atomic mass is 10.0. The van der Waals surface area contributed by atoms with Gasteiger partial charge in [0.05, 0.1) is 28.5 Å². The van der Waals surface area contributed by atoms with Gasteiger partial charge in [0.2, 0.25) is 0 Å². The highest BCUT2D eigenvalue weighted by Crippen LogP contribution is 2.27. The molecule has 0 bridgehead atoms. The third kappa shape index (κ3) is 4.46. The number of halogens is 2. The molecule has 0 spiro atoms. The summed E-state index contributed by atoms with van der Waals surface area (Å²) in [7, 11) is -3.78. The van der Waals surface area contributed by atoms with Crippen LogP contribution in [0.4, 0.5) is 10.1 Å². The molecule has 0 aliphatic rings. The number of aromatic nitrogens is 2. The molecule has 0 aliphatic carbocycles. The highest BCUT2D eigenvalue weighted by molar-refractivity contribution is 7.92. The predicted molar refractivity (Wildman–Crippen MR) is 114 cm³/mol. The van der Waals surface area contributed by atoms with Gasteiger partial charge in [-0.15, -0.1) is 0 Å². The Bertz CT molecular complexity index is 1120. The molecule has 29 heavy (non-hydrogen) atoms. The normalized spacial score (nSPS) is 11.8. The largest absolute Gasteiger partial charge is 0.276 e. The maximum atomic E-state index is 14.1. The molecule has 0 fully saturated rings. The van der Waals surface area contributed by atoms with Gasteiger partial charge in [0, 0.05) is 10.6 Å². The molecule has 0 amide bonds. The number of anilines is 1. The average molecular weight is 436 g/mol. The molecule has 154 valence electrons. The van der Waals surface area contributed by atoms with Gasteiger partial charge in [0.15, 0.2) is 0 Å². The number of hydrogen-bond acceptors (Lipinski definition) is 3. The van der Waals surface area contributed by atoms with Gasteiger partial charge < -0.3 is 0 Å². The number of benzene rings is 2. The van der Waals surface area contributed by atoms with Crippen LogP contribution in [-0.2, 0) is 16.6 Å². The van der Waals surface area contributed by atoms with Gasteiger partial charge in [-0.05, 0) is 49.6 Å². The first-order valence-electron chi connectivity index (χ1n) is 9.20. The standard InChI is InChI=1S/C21H23ClFN3O2S/c1-13(2)16-8-10-17(11-9-16)29(27,28)25-21-14(3)24-26(15(21)4)12-18-19(22)6-5-7-20(18)23/h5-11,13,25H,12H2,1-4H3. The molecule has 1 aromatic heterocycles. The molecule has 1 N–H and O–H groups in total. The number of hydrogen-bond donors (Lipinski definition) is 1. The Labute approximate surface area is 175 Å². The second kappa shape index (κ2) is 8.16. The molecule has 0 atom stereocenters. The molecule has 2 aromatic carbocycles. The van der Waals surface area contributed by atoms with Crippen LogP contribution in [0.5, 0.6) is 0 Å². The van der Waals surface area contributed by atoms with Crippen LogP contribution in [0, 0.1) is 19.7 Å². The van der Waals surface area contributed by atoms with Gasteiger partial charge in [-0.25, -0.2) is 12.8 Å². The van der Waals surface area contributed by atoms with Crippen molar-refractivity contribution in [3.8, 4) is 0 Å². The van der Waals surface area contributed by atoms with Gasteiger partial charge in [-0.2, -0.15) is 5.10 Å². The lowest BCUT2D eigenvalue weighted by molar-refractivity contribution is 0.579. The van der Waals surface area contributed by atoms with Gasteiger partial charge >= 0.3 is 0 Å². The fourth-order valence-electron chi connectivity index (χ4n) is 3.06. The van der Waals surface area contributed by atoms with E-state index in [-0.39, 0.29) is 11.4 Å². The van der Waals surface area contributed by atoms with Crippen molar-refractivity contribution >= 4 is 27.3 Å². The van der Waals surface area contributed by atoms with Crippen LogP contribution in [0.15, 0.2) is 47.4 Å². The van der Waals surface area contributed by atoms with E-state index in [0.717, 1.165) is 5.56 Å². The van der Waals surface area contributed by atoms with Crippen molar-refractivity contribution in [2.75, 3.05) is 4.72 Å². The number of sulfonamides is 1. The highest BCUT2D eigenvalue weighted by atomic mass is 35.5. The van der Waals surface area contributed by atoms with E-state index in [9.17, 15) is 12.8 Å². The Hall–Kier alpha value is -2.38. The number of rotatable bonds is 6. The van der Waals surface area contributed by atoms with Crippen LogP contribution >= 0.6 is 11.6 Å². The second-order valence-corrected chi connectivity index (χ2v) is 9.32. The van der Waals surface area contributed by atoms with E-state index >= 15 is 0 Å². The monoisotopic (exact) mass is 435 g/mol. The van der Waals surface area contributed by atoms with Crippen molar-refractivity contribution in [1.29, 1.82) is 0 Å². The summed E-state index contributed by atoms with van der Waals surface area (Å²) < 4.78 is 43.9. The van der Waals surface area contributed by atoms with Crippen molar-refractivity contribution in [1.82, 2.24) is 9.78 Å². The molecule has 0 saturated carbocycles. The first kappa shape index (κ1) is 21.3. The van der Waals surface area contributed by atoms with E-state index in [1.54, 1.807) is 36.7 Å². The quantitative estimate of drug-likeness (QED) is 0.574. The summed E-state index contributed by atoms with van der Waals surface area (Å²) in [5.41, 5.74) is 2.82. The zero-order valence-corrected chi connectivity index (χ0v) is 18.3. The molecule has 3 aromatic rings. The van der Waals surface area contributed by atoms with Crippen LogP contribution in [0.3, 0.4) is 0 Å². The minimum atomic E-state index is -3.78. The van der Waals surface area contributed by atoms with Crippen molar-refractivity contribution in [3.05, 3.63) is 75.8 Å². The van der Waals surface area contributed by atoms with Gasteiger partial charge in [-0.3, -0.25) is 9.40 Å². The predicted octanol–water partition coefficient (Wildman–Crippen LogP) is 5.26. The zero-order chi connectivity index (χ0) is 21.3. The number of nitrogens with one attached hydrogen (secondary N) is 1. The minimum Gasteiger partial charge on any atom is -0.276 e. The molecular weight excluding hydrogens is 413 g/mol. The minimum absolute atomic E-state index is 0.100. The van der Waals surface area contributed by atoms with E-state index in [1.165, 1.54) is 12.1 Å². The van der Waals surface area contributed by atoms with E-state index in [0.29, 0.717) is 33.6 Å². The molecule has 0 saturated heterocycles. The molecule has 0 aliphatic heterocycles. The number of aryl methyl sites for hydroxylation is 1. The maximum Gasteiger partial charge on any atom is 0.262 e. The lowest BCUT2D eigenvalue weighted by Gasteiger charge is -2.11. The van der Waals surface area contributed by atoms with Crippen LogP contribution in [0.1, 0.15) is 42.3 Å². The zero-order valence-electron chi connectivity index (χ0n) is 16.7. The van der Waals surface area contributed by atoms with Crippen LogP contribution in [0.2, 0.25) is 5.02 Å². The maximum absolute atomic E-state index is 14.1.